The second-order valence-corrected chi connectivity index (χ2v) is 3.92. The fourth-order valence-corrected chi connectivity index (χ4v) is 1.79. The van der Waals surface area contributed by atoms with Gasteiger partial charge in [-0.1, -0.05) is 6.92 Å². The molecule has 4 nitrogen and oxygen atoms in total. The van der Waals surface area contributed by atoms with Crippen molar-refractivity contribution in [3.05, 3.63) is 23.8 Å². The van der Waals surface area contributed by atoms with Crippen LogP contribution in [0.2, 0.25) is 0 Å². The molecule has 0 heterocycles. The number of likely N-dealkylation sites (N-methyl/N-ethyl adjacent to an activating group) is 1. The maximum absolute atomic E-state index is 5.51. The van der Waals surface area contributed by atoms with Crippen molar-refractivity contribution in [1.82, 2.24) is 5.32 Å². The van der Waals surface area contributed by atoms with E-state index in [0.717, 1.165) is 23.6 Å². The van der Waals surface area contributed by atoms with E-state index in [-0.39, 0.29) is 6.04 Å². The molecule has 0 aliphatic heterocycles. The van der Waals surface area contributed by atoms with Crippen LogP contribution in [0.3, 0.4) is 0 Å². The maximum atomic E-state index is 5.51. The Hall–Kier alpha value is -1.26. The SMILES string of the molecule is CCNC(COCC)c1cc(OC)cc(OC)c1. The van der Waals surface area contributed by atoms with E-state index in [4.69, 9.17) is 14.2 Å². The molecule has 0 aromatic heterocycles. The van der Waals surface area contributed by atoms with Crippen LogP contribution < -0.4 is 14.8 Å². The number of benzene rings is 1. The molecule has 4 heteroatoms. The first kappa shape index (κ1) is 14.8. The Bertz CT molecular complexity index is 333. The highest BCUT2D eigenvalue weighted by atomic mass is 16.5. The summed E-state index contributed by atoms with van der Waals surface area (Å²) < 4.78 is 16.1. The van der Waals surface area contributed by atoms with Crippen LogP contribution in [-0.2, 0) is 4.74 Å². The van der Waals surface area contributed by atoms with Gasteiger partial charge in [0.05, 0.1) is 26.9 Å². The minimum Gasteiger partial charge on any atom is -0.497 e. The molecule has 0 radical (unpaired) electrons. The average molecular weight is 253 g/mol. The first-order valence-electron chi connectivity index (χ1n) is 6.29. The largest absolute Gasteiger partial charge is 0.497 e. The smallest absolute Gasteiger partial charge is 0.122 e. The van der Waals surface area contributed by atoms with Crippen molar-refractivity contribution in [3.8, 4) is 11.5 Å². The summed E-state index contributed by atoms with van der Waals surface area (Å²) in [4.78, 5) is 0. The number of nitrogens with one attached hydrogen (secondary N) is 1. The van der Waals surface area contributed by atoms with E-state index in [9.17, 15) is 0 Å². The predicted octanol–water partition coefficient (Wildman–Crippen LogP) is 2.39. The number of hydrogen-bond donors (Lipinski definition) is 1. The normalized spacial score (nSPS) is 12.2. The van der Waals surface area contributed by atoms with E-state index in [1.807, 2.05) is 25.1 Å². The van der Waals surface area contributed by atoms with Crippen LogP contribution in [0, 0.1) is 0 Å². The molecule has 1 N–H and O–H groups in total. The van der Waals surface area contributed by atoms with E-state index in [1.54, 1.807) is 14.2 Å². The van der Waals surface area contributed by atoms with Crippen LogP contribution in [0.15, 0.2) is 18.2 Å². The van der Waals surface area contributed by atoms with Gasteiger partial charge >= 0.3 is 0 Å². The monoisotopic (exact) mass is 253 g/mol. The molecular formula is C14H23NO3. The molecule has 1 unspecified atom stereocenters. The lowest BCUT2D eigenvalue weighted by Crippen LogP contribution is -2.25. The molecule has 18 heavy (non-hydrogen) atoms. The van der Waals surface area contributed by atoms with Gasteiger partial charge in [0.15, 0.2) is 0 Å². The first-order valence-corrected chi connectivity index (χ1v) is 6.29. The molecule has 1 atom stereocenters. The van der Waals surface area contributed by atoms with E-state index in [2.05, 4.69) is 12.2 Å². The van der Waals surface area contributed by atoms with Crippen LogP contribution in [0.5, 0.6) is 11.5 Å². The van der Waals surface area contributed by atoms with Gasteiger partial charge in [-0.2, -0.15) is 0 Å². The molecule has 1 aromatic carbocycles. The van der Waals surface area contributed by atoms with E-state index >= 15 is 0 Å². The summed E-state index contributed by atoms with van der Waals surface area (Å²) >= 11 is 0. The Morgan fingerprint density at radius 3 is 2.11 bits per heavy atom. The number of methoxy groups -OCH3 is 2. The quantitative estimate of drug-likeness (QED) is 0.772. The maximum Gasteiger partial charge on any atom is 0.122 e. The van der Waals surface area contributed by atoms with Crippen molar-refractivity contribution in [2.24, 2.45) is 0 Å². The molecule has 0 saturated carbocycles. The number of rotatable bonds is 8. The van der Waals surface area contributed by atoms with Crippen molar-refractivity contribution in [2.75, 3.05) is 34.0 Å². The summed E-state index contributed by atoms with van der Waals surface area (Å²) in [6, 6.07) is 6.04. The van der Waals surface area contributed by atoms with Gasteiger partial charge in [-0.05, 0) is 31.2 Å². The number of hydrogen-bond acceptors (Lipinski definition) is 4. The van der Waals surface area contributed by atoms with E-state index in [0.29, 0.717) is 13.2 Å². The van der Waals surface area contributed by atoms with Gasteiger partial charge in [-0.3, -0.25) is 0 Å². The zero-order valence-corrected chi connectivity index (χ0v) is 11.7. The summed E-state index contributed by atoms with van der Waals surface area (Å²) in [5.74, 6) is 1.59. The van der Waals surface area contributed by atoms with E-state index in [1.165, 1.54) is 0 Å². The Morgan fingerprint density at radius 2 is 1.67 bits per heavy atom. The average Bonchev–Trinajstić information content (AvgIpc) is 2.42. The molecule has 1 aromatic rings. The first-order chi connectivity index (χ1) is 8.74. The van der Waals surface area contributed by atoms with Crippen LogP contribution in [0.1, 0.15) is 25.5 Å². The molecule has 0 amide bonds. The highest BCUT2D eigenvalue weighted by Gasteiger charge is 2.13. The molecular weight excluding hydrogens is 230 g/mol. The molecule has 0 aliphatic carbocycles. The number of ether oxygens (including phenoxy) is 3. The third-order valence-electron chi connectivity index (χ3n) is 2.72. The third-order valence-corrected chi connectivity index (χ3v) is 2.72. The van der Waals surface area contributed by atoms with Gasteiger partial charge in [0, 0.05) is 12.7 Å². The molecule has 0 bridgehead atoms. The van der Waals surface area contributed by atoms with Gasteiger partial charge in [-0.15, -0.1) is 0 Å². The lowest BCUT2D eigenvalue weighted by Gasteiger charge is -2.19. The second-order valence-electron chi connectivity index (χ2n) is 3.92. The van der Waals surface area contributed by atoms with Gasteiger partial charge in [0.2, 0.25) is 0 Å². The lowest BCUT2D eigenvalue weighted by molar-refractivity contribution is 0.123. The van der Waals surface area contributed by atoms with Gasteiger partial charge in [0.1, 0.15) is 11.5 Å². The fraction of sp³-hybridized carbons (Fsp3) is 0.571. The topological polar surface area (TPSA) is 39.7 Å². The van der Waals surface area contributed by atoms with Crippen LogP contribution in [0.25, 0.3) is 0 Å². The van der Waals surface area contributed by atoms with Crippen molar-refractivity contribution in [3.63, 3.8) is 0 Å². The van der Waals surface area contributed by atoms with Gasteiger partial charge in [-0.25, -0.2) is 0 Å². The molecule has 0 fully saturated rings. The second kappa shape index (κ2) is 7.95. The highest BCUT2D eigenvalue weighted by Crippen LogP contribution is 2.26. The van der Waals surface area contributed by atoms with Crippen molar-refractivity contribution < 1.29 is 14.2 Å². The lowest BCUT2D eigenvalue weighted by atomic mass is 10.1. The standard InChI is InChI=1S/C14H23NO3/c1-5-15-14(10-18-6-2)11-7-12(16-3)9-13(8-11)17-4/h7-9,14-15H,5-6,10H2,1-4H3. The zero-order chi connectivity index (χ0) is 13.4. The molecule has 0 saturated heterocycles. The summed E-state index contributed by atoms with van der Waals surface area (Å²) in [6.07, 6.45) is 0. The highest BCUT2D eigenvalue weighted by molar-refractivity contribution is 5.39. The van der Waals surface area contributed by atoms with Crippen molar-refractivity contribution in [1.29, 1.82) is 0 Å². The molecule has 1 rings (SSSR count). The van der Waals surface area contributed by atoms with Crippen LogP contribution >= 0.6 is 0 Å². The molecule has 102 valence electrons. The summed E-state index contributed by atoms with van der Waals surface area (Å²) in [6.45, 7) is 6.31. The van der Waals surface area contributed by atoms with Gasteiger partial charge < -0.3 is 19.5 Å². The Balaban J connectivity index is 2.93. The van der Waals surface area contributed by atoms with Crippen molar-refractivity contribution >= 4 is 0 Å². The Labute approximate surface area is 109 Å². The van der Waals surface area contributed by atoms with Crippen LogP contribution in [0.4, 0.5) is 0 Å². The molecule has 0 spiro atoms. The molecule has 0 aliphatic rings. The summed E-state index contributed by atoms with van der Waals surface area (Å²) in [7, 11) is 3.31. The minimum absolute atomic E-state index is 0.152. The third kappa shape index (κ3) is 4.20. The Kier molecular flexibility index (Phi) is 6.54. The van der Waals surface area contributed by atoms with Crippen molar-refractivity contribution in [2.45, 2.75) is 19.9 Å². The van der Waals surface area contributed by atoms with Crippen LogP contribution in [-0.4, -0.2) is 34.0 Å². The minimum atomic E-state index is 0.152. The van der Waals surface area contributed by atoms with Gasteiger partial charge in [0.25, 0.3) is 0 Å². The summed E-state index contributed by atoms with van der Waals surface area (Å²) in [5, 5.41) is 3.40. The Morgan fingerprint density at radius 1 is 1.06 bits per heavy atom. The summed E-state index contributed by atoms with van der Waals surface area (Å²) in [5.41, 5.74) is 1.11. The fourth-order valence-electron chi connectivity index (χ4n) is 1.79. The van der Waals surface area contributed by atoms with E-state index < -0.39 is 0 Å². The predicted molar refractivity (Wildman–Crippen MR) is 72.5 cm³/mol. The zero-order valence-electron chi connectivity index (χ0n) is 11.7.